The SMILES string of the molecule is CCNC(C)c1ccc(N2CCSC(C)C2C)cc1. The Morgan fingerprint density at radius 3 is 2.63 bits per heavy atom. The Morgan fingerprint density at radius 1 is 1.32 bits per heavy atom. The Balaban J connectivity index is 2.09. The van der Waals surface area contributed by atoms with E-state index in [1.54, 1.807) is 0 Å². The molecule has 0 amide bonds. The number of rotatable bonds is 4. The topological polar surface area (TPSA) is 15.3 Å². The van der Waals surface area contributed by atoms with Crippen LogP contribution in [0.1, 0.15) is 39.3 Å². The Bertz CT molecular complexity index is 390. The van der Waals surface area contributed by atoms with Crippen molar-refractivity contribution >= 4 is 17.4 Å². The van der Waals surface area contributed by atoms with Gasteiger partial charge in [-0.15, -0.1) is 0 Å². The van der Waals surface area contributed by atoms with E-state index in [1.807, 2.05) is 0 Å². The van der Waals surface area contributed by atoms with Crippen molar-refractivity contribution in [3.8, 4) is 0 Å². The molecule has 2 nitrogen and oxygen atoms in total. The molecule has 3 unspecified atom stereocenters. The van der Waals surface area contributed by atoms with Gasteiger partial charge in [-0.2, -0.15) is 11.8 Å². The van der Waals surface area contributed by atoms with Gasteiger partial charge < -0.3 is 10.2 Å². The summed E-state index contributed by atoms with van der Waals surface area (Å²) in [5.74, 6) is 1.24. The van der Waals surface area contributed by atoms with Crippen LogP contribution in [0, 0.1) is 0 Å². The Morgan fingerprint density at radius 2 is 2.00 bits per heavy atom. The predicted molar refractivity (Wildman–Crippen MR) is 87.3 cm³/mol. The minimum atomic E-state index is 0.437. The van der Waals surface area contributed by atoms with E-state index < -0.39 is 0 Å². The van der Waals surface area contributed by atoms with Gasteiger partial charge in [-0.25, -0.2) is 0 Å². The molecule has 3 atom stereocenters. The molecule has 1 aliphatic heterocycles. The van der Waals surface area contributed by atoms with Crippen LogP contribution in [0.25, 0.3) is 0 Å². The van der Waals surface area contributed by atoms with Crippen molar-refractivity contribution in [3.63, 3.8) is 0 Å². The summed E-state index contributed by atoms with van der Waals surface area (Å²) in [4.78, 5) is 2.54. The summed E-state index contributed by atoms with van der Waals surface area (Å²) in [5, 5.41) is 4.18. The van der Waals surface area contributed by atoms with Crippen molar-refractivity contribution in [2.45, 2.75) is 45.0 Å². The average Bonchev–Trinajstić information content (AvgIpc) is 2.42. The van der Waals surface area contributed by atoms with Gasteiger partial charge in [-0.05, 0) is 38.1 Å². The quantitative estimate of drug-likeness (QED) is 0.904. The first-order valence-electron chi connectivity index (χ1n) is 7.35. The molecular formula is C16H26N2S. The maximum Gasteiger partial charge on any atom is 0.0378 e. The summed E-state index contributed by atoms with van der Waals surface area (Å²) in [6.45, 7) is 11.2. The lowest BCUT2D eigenvalue weighted by Crippen LogP contribution is -2.44. The third-order valence-electron chi connectivity index (χ3n) is 4.12. The zero-order chi connectivity index (χ0) is 13.8. The third-order valence-corrected chi connectivity index (χ3v) is 5.46. The van der Waals surface area contributed by atoms with E-state index in [1.165, 1.54) is 17.0 Å². The van der Waals surface area contributed by atoms with Gasteiger partial charge in [0.15, 0.2) is 0 Å². The minimum Gasteiger partial charge on any atom is -0.367 e. The number of nitrogens with zero attached hydrogens (tertiary/aromatic N) is 1. The molecule has 0 spiro atoms. The summed E-state index contributed by atoms with van der Waals surface area (Å²) >= 11 is 2.09. The molecule has 0 saturated carbocycles. The lowest BCUT2D eigenvalue weighted by atomic mass is 10.1. The molecule has 0 aliphatic carbocycles. The molecule has 0 radical (unpaired) electrons. The predicted octanol–water partition coefficient (Wildman–Crippen LogP) is 3.69. The van der Waals surface area contributed by atoms with E-state index in [0.29, 0.717) is 17.3 Å². The number of nitrogens with one attached hydrogen (secondary N) is 1. The van der Waals surface area contributed by atoms with Gasteiger partial charge in [-0.3, -0.25) is 0 Å². The third kappa shape index (κ3) is 3.46. The first-order chi connectivity index (χ1) is 9.13. The maximum atomic E-state index is 3.46. The van der Waals surface area contributed by atoms with E-state index in [2.05, 4.69) is 73.9 Å². The van der Waals surface area contributed by atoms with Gasteiger partial charge in [0.25, 0.3) is 0 Å². The molecular weight excluding hydrogens is 252 g/mol. The number of hydrogen-bond donors (Lipinski definition) is 1. The molecule has 0 aromatic heterocycles. The second-order valence-electron chi connectivity index (χ2n) is 5.38. The molecule has 1 aliphatic rings. The molecule has 1 heterocycles. The second kappa shape index (κ2) is 6.67. The van der Waals surface area contributed by atoms with Crippen LogP contribution in [-0.2, 0) is 0 Å². The standard InChI is InChI=1S/C16H26N2S/c1-5-17-12(2)15-6-8-16(9-7-15)18-10-11-19-14(4)13(18)3/h6-9,12-14,17H,5,10-11H2,1-4H3. The van der Waals surface area contributed by atoms with Crippen LogP contribution in [0.3, 0.4) is 0 Å². The van der Waals surface area contributed by atoms with Crippen LogP contribution in [0.2, 0.25) is 0 Å². The molecule has 1 aromatic rings. The van der Waals surface area contributed by atoms with Crippen LogP contribution in [0.15, 0.2) is 24.3 Å². The van der Waals surface area contributed by atoms with E-state index in [4.69, 9.17) is 0 Å². The van der Waals surface area contributed by atoms with Gasteiger partial charge in [0.05, 0.1) is 0 Å². The first kappa shape index (κ1) is 14.7. The first-order valence-corrected chi connectivity index (χ1v) is 8.40. The monoisotopic (exact) mass is 278 g/mol. The molecule has 19 heavy (non-hydrogen) atoms. The van der Waals surface area contributed by atoms with Gasteiger partial charge in [0, 0.05) is 35.3 Å². The van der Waals surface area contributed by atoms with E-state index in [0.717, 1.165) is 13.1 Å². The average molecular weight is 278 g/mol. The number of anilines is 1. The highest BCUT2D eigenvalue weighted by Gasteiger charge is 2.25. The molecule has 2 rings (SSSR count). The fourth-order valence-electron chi connectivity index (χ4n) is 2.68. The molecule has 1 saturated heterocycles. The van der Waals surface area contributed by atoms with Gasteiger partial charge in [-0.1, -0.05) is 26.0 Å². The van der Waals surface area contributed by atoms with E-state index in [-0.39, 0.29) is 0 Å². The van der Waals surface area contributed by atoms with Gasteiger partial charge >= 0.3 is 0 Å². The summed E-state index contributed by atoms with van der Waals surface area (Å²) < 4.78 is 0. The maximum absolute atomic E-state index is 3.46. The van der Waals surface area contributed by atoms with Crippen LogP contribution >= 0.6 is 11.8 Å². The van der Waals surface area contributed by atoms with Crippen LogP contribution < -0.4 is 10.2 Å². The lowest BCUT2D eigenvalue weighted by molar-refractivity contribution is 0.597. The molecule has 1 N–H and O–H groups in total. The van der Waals surface area contributed by atoms with E-state index in [9.17, 15) is 0 Å². The highest BCUT2D eigenvalue weighted by molar-refractivity contribution is 8.00. The van der Waals surface area contributed by atoms with Crippen molar-refractivity contribution in [2.75, 3.05) is 23.7 Å². The lowest BCUT2D eigenvalue weighted by Gasteiger charge is -2.39. The van der Waals surface area contributed by atoms with Gasteiger partial charge in [0.1, 0.15) is 0 Å². The number of benzene rings is 1. The summed E-state index contributed by atoms with van der Waals surface area (Å²) in [5.41, 5.74) is 2.74. The van der Waals surface area contributed by atoms with Crippen molar-refractivity contribution in [2.24, 2.45) is 0 Å². The zero-order valence-corrected chi connectivity index (χ0v) is 13.3. The van der Waals surface area contributed by atoms with Crippen molar-refractivity contribution in [1.29, 1.82) is 0 Å². The van der Waals surface area contributed by atoms with Gasteiger partial charge in [0.2, 0.25) is 0 Å². The Hall–Kier alpha value is -0.670. The highest BCUT2D eigenvalue weighted by atomic mass is 32.2. The number of hydrogen-bond acceptors (Lipinski definition) is 3. The largest absolute Gasteiger partial charge is 0.367 e. The van der Waals surface area contributed by atoms with Crippen LogP contribution in [-0.4, -0.2) is 30.1 Å². The molecule has 1 aromatic carbocycles. The van der Waals surface area contributed by atoms with Crippen LogP contribution in [0.5, 0.6) is 0 Å². The number of thioether (sulfide) groups is 1. The summed E-state index contributed by atoms with van der Waals surface area (Å²) in [7, 11) is 0. The molecule has 1 fully saturated rings. The zero-order valence-electron chi connectivity index (χ0n) is 12.5. The van der Waals surface area contributed by atoms with Crippen molar-refractivity contribution in [1.82, 2.24) is 5.32 Å². The second-order valence-corrected chi connectivity index (χ2v) is 6.87. The van der Waals surface area contributed by atoms with Crippen molar-refractivity contribution < 1.29 is 0 Å². The fourth-order valence-corrected chi connectivity index (χ4v) is 3.78. The molecule has 0 bridgehead atoms. The van der Waals surface area contributed by atoms with E-state index >= 15 is 0 Å². The normalized spacial score (nSPS) is 25.4. The smallest absolute Gasteiger partial charge is 0.0378 e. The Kier molecular flexibility index (Phi) is 5.17. The Labute approximate surface area is 122 Å². The summed E-state index contributed by atoms with van der Waals surface area (Å²) in [6, 6.07) is 10.2. The van der Waals surface area contributed by atoms with Crippen molar-refractivity contribution in [3.05, 3.63) is 29.8 Å². The van der Waals surface area contributed by atoms with Crippen LogP contribution in [0.4, 0.5) is 5.69 Å². The molecule has 106 valence electrons. The fraction of sp³-hybridized carbons (Fsp3) is 0.625. The minimum absolute atomic E-state index is 0.437. The molecule has 3 heteroatoms. The summed E-state index contributed by atoms with van der Waals surface area (Å²) in [6.07, 6.45) is 0. The highest BCUT2D eigenvalue weighted by Crippen LogP contribution is 2.29.